The molecule has 7 nitrogen and oxygen atoms in total. The second-order valence-corrected chi connectivity index (χ2v) is 10.0. The van der Waals surface area contributed by atoms with Gasteiger partial charge in [0.15, 0.2) is 5.69 Å². The molecule has 0 spiro atoms. The number of hydrogen-bond acceptors (Lipinski definition) is 5. The maximum Gasteiger partial charge on any atom is 0.276 e. The number of aromatic nitrogens is 2. The fourth-order valence-electron chi connectivity index (χ4n) is 6.09. The van der Waals surface area contributed by atoms with Gasteiger partial charge in [-0.2, -0.15) is 9.78 Å². The number of halogens is 1. The largest absolute Gasteiger partial charge is 0.501 e. The summed E-state index contributed by atoms with van der Waals surface area (Å²) < 4.78 is 12.9. The molecular weight excluding hydrogens is 454 g/mol. The molecule has 3 aromatic rings. The first-order valence-corrected chi connectivity index (χ1v) is 12.1. The third kappa shape index (κ3) is 3.25. The van der Waals surface area contributed by atoms with Crippen molar-refractivity contribution in [3.63, 3.8) is 0 Å². The predicted molar refractivity (Wildman–Crippen MR) is 127 cm³/mol. The first-order chi connectivity index (χ1) is 16.4. The molecule has 2 N–H and O–H groups in total. The Morgan fingerprint density at radius 2 is 1.91 bits per heavy atom. The molecule has 4 bridgehead atoms. The van der Waals surface area contributed by atoms with Crippen LogP contribution in [0.5, 0.6) is 23.1 Å². The summed E-state index contributed by atoms with van der Waals surface area (Å²) in [5, 5.41) is 19.2. The van der Waals surface area contributed by atoms with Gasteiger partial charge in [-0.3, -0.25) is 4.79 Å². The van der Waals surface area contributed by atoms with E-state index in [0.29, 0.717) is 46.6 Å². The third-order valence-corrected chi connectivity index (χ3v) is 7.86. The molecule has 176 valence electrons. The van der Waals surface area contributed by atoms with Crippen molar-refractivity contribution in [2.24, 2.45) is 17.8 Å². The van der Waals surface area contributed by atoms with Crippen LogP contribution in [0.1, 0.15) is 42.2 Å². The Labute approximate surface area is 202 Å². The quantitative estimate of drug-likeness (QED) is 0.483. The molecule has 4 fully saturated rings. The lowest BCUT2D eigenvalue weighted by Crippen LogP contribution is -2.37. The highest BCUT2D eigenvalue weighted by Gasteiger charge is 2.75. The fourth-order valence-corrected chi connectivity index (χ4v) is 6.41. The molecular formula is C26H26ClN3O4. The first-order valence-electron chi connectivity index (χ1n) is 11.7. The number of rotatable bonds is 7. The van der Waals surface area contributed by atoms with Gasteiger partial charge in [0.2, 0.25) is 5.75 Å². The maximum atomic E-state index is 13.3. The number of carbonyl (C=O) groups is 1. The van der Waals surface area contributed by atoms with Crippen molar-refractivity contribution in [1.29, 1.82) is 0 Å². The molecule has 1 heterocycles. The fraction of sp³-hybridized carbons (Fsp3) is 0.385. The van der Waals surface area contributed by atoms with Crippen LogP contribution in [0.3, 0.4) is 0 Å². The zero-order valence-electron chi connectivity index (χ0n) is 19.0. The zero-order chi connectivity index (χ0) is 23.6. The number of carbonyl (C=O) groups excluding carboxylic acids is 1. The van der Waals surface area contributed by atoms with Crippen LogP contribution in [-0.2, 0) is 0 Å². The molecule has 0 aliphatic heterocycles. The molecule has 34 heavy (non-hydrogen) atoms. The van der Waals surface area contributed by atoms with Crippen LogP contribution in [0, 0.1) is 24.7 Å². The smallest absolute Gasteiger partial charge is 0.276 e. The van der Waals surface area contributed by atoms with Crippen molar-refractivity contribution in [1.82, 2.24) is 15.1 Å². The minimum absolute atomic E-state index is 0.0284. The SMILES string of the molecule is CCOc1ccc(Oc2c(O)c(C(=O)NC34CC5CC3C4C5)nn2-c2ccc(C)cc2Cl)cc1. The number of benzene rings is 2. The van der Waals surface area contributed by atoms with Gasteiger partial charge in [-0.1, -0.05) is 17.7 Å². The van der Waals surface area contributed by atoms with Crippen LogP contribution >= 0.6 is 11.6 Å². The van der Waals surface area contributed by atoms with Crippen molar-refractivity contribution in [3.05, 3.63) is 58.7 Å². The molecule has 0 radical (unpaired) electrons. The van der Waals surface area contributed by atoms with Gasteiger partial charge < -0.3 is 19.9 Å². The van der Waals surface area contributed by atoms with Crippen molar-refractivity contribution in [2.45, 2.75) is 38.6 Å². The van der Waals surface area contributed by atoms with Crippen molar-refractivity contribution in [2.75, 3.05) is 6.61 Å². The molecule has 2 unspecified atom stereocenters. The van der Waals surface area contributed by atoms with Crippen LogP contribution in [0.15, 0.2) is 42.5 Å². The van der Waals surface area contributed by atoms with E-state index in [1.54, 1.807) is 36.4 Å². The number of nitrogens with one attached hydrogen (secondary N) is 1. The highest BCUT2D eigenvalue weighted by atomic mass is 35.5. The molecule has 2 aromatic carbocycles. The van der Waals surface area contributed by atoms with Crippen molar-refractivity contribution >= 4 is 17.5 Å². The second kappa shape index (κ2) is 7.67. The van der Waals surface area contributed by atoms with Gasteiger partial charge in [-0.15, -0.1) is 0 Å². The standard InChI is InChI=1S/C26H26ClN3O4/c1-3-33-16-5-7-17(8-6-16)34-25-23(31)22(29-30(25)21-9-4-14(2)10-20(21)27)24(32)28-26-13-15-11-18(26)19(26)12-15/h4-10,15,18-19,31H,3,11-13H2,1-2H3,(H,28,32). The lowest BCUT2D eigenvalue weighted by atomic mass is 10.1. The van der Waals surface area contributed by atoms with Gasteiger partial charge in [0.05, 0.1) is 17.3 Å². The summed E-state index contributed by atoms with van der Waals surface area (Å²) >= 11 is 6.51. The number of aryl methyl sites for hydroxylation is 1. The van der Waals surface area contributed by atoms with Crippen LogP contribution in [-0.4, -0.2) is 32.9 Å². The maximum absolute atomic E-state index is 13.3. The minimum Gasteiger partial charge on any atom is -0.501 e. The molecule has 1 amide bonds. The van der Waals surface area contributed by atoms with E-state index < -0.39 is 0 Å². The molecule has 7 rings (SSSR count). The van der Waals surface area contributed by atoms with Crippen molar-refractivity contribution in [3.8, 4) is 28.8 Å². The normalized spacial score (nSPS) is 25.9. The Morgan fingerprint density at radius 3 is 2.53 bits per heavy atom. The summed E-state index contributed by atoms with van der Waals surface area (Å²) in [4.78, 5) is 13.3. The summed E-state index contributed by atoms with van der Waals surface area (Å²) in [6.07, 6.45) is 3.40. The third-order valence-electron chi connectivity index (χ3n) is 7.56. The first kappa shape index (κ1) is 21.4. The number of amides is 1. The lowest BCUT2D eigenvalue weighted by Gasteiger charge is -2.13. The van der Waals surface area contributed by atoms with E-state index in [1.165, 1.54) is 17.5 Å². The zero-order valence-corrected chi connectivity index (χ0v) is 19.8. The van der Waals surface area contributed by atoms with Gasteiger partial charge in [-0.05, 0) is 92.8 Å². The molecule has 4 aliphatic carbocycles. The van der Waals surface area contributed by atoms with Gasteiger partial charge in [0.25, 0.3) is 11.8 Å². The van der Waals surface area contributed by atoms with E-state index in [4.69, 9.17) is 21.1 Å². The van der Waals surface area contributed by atoms with Gasteiger partial charge in [-0.25, -0.2) is 0 Å². The van der Waals surface area contributed by atoms with Crippen molar-refractivity contribution < 1.29 is 19.4 Å². The molecule has 0 saturated heterocycles. The summed E-state index contributed by atoms with van der Waals surface area (Å²) in [6.45, 7) is 4.41. The summed E-state index contributed by atoms with van der Waals surface area (Å²) in [5.41, 5.74) is 1.31. The molecule has 4 saturated carbocycles. The van der Waals surface area contributed by atoms with E-state index >= 15 is 0 Å². The van der Waals surface area contributed by atoms with E-state index in [9.17, 15) is 9.90 Å². The van der Waals surface area contributed by atoms with E-state index in [2.05, 4.69) is 10.4 Å². The predicted octanol–water partition coefficient (Wildman–Crippen LogP) is 5.26. The molecule has 1 aromatic heterocycles. The highest BCUT2D eigenvalue weighted by Crippen LogP contribution is 2.73. The molecule has 2 atom stereocenters. The van der Waals surface area contributed by atoms with E-state index in [0.717, 1.165) is 12.0 Å². The molecule has 4 aliphatic rings. The Morgan fingerprint density at radius 1 is 1.21 bits per heavy atom. The highest BCUT2D eigenvalue weighted by molar-refractivity contribution is 6.32. The van der Waals surface area contributed by atoms with Crippen LogP contribution in [0.25, 0.3) is 5.69 Å². The van der Waals surface area contributed by atoms with E-state index in [-0.39, 0.29) is 28.8 Å². The average molecular weight is 480 g/mol. The van der Waals surface area contributed by atoms with Gasteiger partial charge >= 0.3 is 0 Å². The summed E-state index contributed by atoms with van der Waals surface area (Å²) in [6, 6.07) is 12.5. The number of aromatic hydroxyl groups is 1. The Kier molecular flexibility index (Phi) is 4.81. The monoisotopic (exact) mass is 479 g/mol. The number of ether oxygens (including phenoxy) is 2. The Hall–Kier alpha value is -3.19. The summed E-state index contributed by atoms with van der Waals surface area (Å²) in [7, 11) is 0. The average Bonchev–Trinajstić information content (AvgIpc) is 3.33. The van der Waals surface area contributed by atoms with Crippen LogP contribution < -0.4 is 14.8 Å². The topological polar surface area (TPSA) is 85.6 Å². The second-order valence-electron chi connectivity index (χ2n) is 9.62. The van der Waals surface area contributed by atoms with Gasteiger partial charge in [0, 0.05) is 5.54 Å². The lowest BCUT2D eigenvalue weighted by molar-refractivity contribution is 0.0920. The summed E-state index contributed by atoms with van der Waals surface area (Å²) in [5.74, 6) is 2.35. The Balaban J connectivity index is 1.36. The van der Waals surface area contributed by atoms with Crippen LogP contribution in [0.4, 0.5) is 0 Å². The molecule has 8 heteroatoms. The number of hydrogen-bond donors (Lipinski definition) is 2. The Bertz CT molecular complexity index is 1270. The van der Waals surface area contributed by atoms with Gasteiger partial charge in [0.1, 0.15) is 11.5 Å². The minimum atomic E-state index is -0.383. The van der Waals surface area contributed by atoms with E-state index in [1.807, 2.05) is 19.9 Å². The van der Waals surface area contributed by atoms with Crippen LogP contribution in [0.2, 0.25) is 5.02 Å². The number of nitrogens with zero attached hydrogens (tertiary/aromatic N) is 2.